The first-order valence-corrected chi connectivity index (χ1v) is 11.7. The van der Waals surface area contributed by atoms with E-state index >= 15 is 8.78 Å². The van der Waals surface area contributed by atoms with Crippen molar-refractivity contribution in [2.24, 2.45) is 0 Å². The van der Waals surface area contributed by atoms with Gasteiger partial charge in [0.2, 0.25) is 0 Å². The summed E-state index contributed by atoms with van der Waals surface area (Å²) in [6.07, 6.45) is 2.34. The van der Waals surface area contributed by atoms with Crippen LogP contribution in [0.4, 0.5) is 13.2 Å². The lowest BCUT2D eigenvalue weighted by molar-refractivity contribution is -0.144. The topological polar surface area (TPSA) is 57.7 Å². The van der Waals surface area contributed by atoms with Crippen LogP contribution in [0.3, 0.4) is 0 Å². The number of hydrogen-bond donors (Lipinski definition) is 3. The molecule has 3 aromatic rings. The summed E-state index contributed by atoms with van der Waals surface area (Å²) >= 11 is 3.53. The number of aliphatic hydroxyl groups excluding tert-OH is 1. The van der Waals surface area contributed by atoms with Crippen molar-refractivity contribution in [3.05, 3.63) is 64.9 Å². The molecule has 2 aliphatic heterocycles. The molecule has 3 heterocycles. The van der Waals surface area contributed by atoms with Gasteiger partial charge in [0.05, 0.1) is 25.9 Å². The molecule has 5 rings (SSSR count). The van der Waals surface area contributed by atoms with E-state index in [0.717, 1.165) is 28.6 Å². The molecule has 5 nitrogen and oxygen atoms in total. The fourth-order valence-electron chi connectivity index (χ4n) is 4.64. The summed E-state index contributed by atoms with van der Waals surface area (Å²) in [6.45, 7) is 0.120. The second kappa shape index (κ2) is 9.97. The Morgan fingerprint density at radius 1 is 1.21 bits per heavy atom. The molecule has 0 aliphatic carbocycles. The highest BCUT2D eigenvalue weighted by Crippen LogP contribution is 2.42. The molecule has 178 valence electrons. The third-order valence-corrected chi connectivity index (χ3v) is 6.03. The molecule has 2 aromatic carbocycles. The monoisotopic (exact) mass is 480 g/mol. The van der Waals surface area contributed by atoms with Crippen molar-refractivity contribution in [2.45, 2.75) is 18.1 Å². The molecule has 1 unspecified atom stereocenters. The lowest BCUT2D eigenvalue weighted by Crippen LogP contribution is -2.55. The Balaban J connectivity index is 0.00000126. The van der Waals surface area contributed by atoms with Crippen LogP contribution in [0.25, 0.3) is 10.9 Å². The number of hydrogen-bond acceptors (Lipinski definition) is 5. The zero-order chi connectivity index (χ0) is 23.6. The fraction of sp³-hybridized carbons (Fsp3) is 0.417. The molecule has 2 aliphatic rings. The van der Waals surface area contributed by atoms with Gasteiger partial charge >= 0.3 is 0 Å². The lowest BCUT2D eigenvalue weighted by Gasteiger charge is -2.43. The number of benzene rings is 2. The van der Waals surface area contributed by atoms with Crippen LogP contribution in [0.1, 0.15) is 22.9 Å². The molecule has 1 aromatic heterocycles. The molecule has 9 heteroatoms. The quantitative estimate of drug-likeness (QED) is 0.466. The number of H-pyrrole nitrogens is 1. The second-order valence-electron chi connectivity index (χ2n) is 8.20. The Hall–Kier alpha value is -2.20. The maximum Gasteiger partial charge on any atom is 0.169 e. The van der Waals surface area contributed by atoms with Crippen molar-refractivity contribution in [1.82, 2.24) is 9.88 Å². The van der Waals surface area contributed by atoms with Gasteiger partial charge in [-0.2, -0.15) is 12.6 Å². The van der Waals surface area contributed by atoms with E-state index in [4.69, 9.17) is 14.6 Å². The van der Waals surface area contributed by atoms with Crippen LogP contribution in [-0.2, 0) is 11.2 Å². The summed E-state index contributed by atoms with van der Waals surface area (Å²) in [5, 5.41) is 9.91. The third kappa shape index (κ3) is 4.59. The number of aromatic amines is 1. The van der Waals surface area contributed by atoms with Gasteiger partial charge in [0.1, 0.15) is 24.0 Å². The summed E-state index contributed by atoms with van der Waals surface area (Å²) in [7, 11) is 0. The van der Waals surface area contributed by atoms with Gasteiger partial charge in [0, 0.05) is 47.4 Å². The Morgan fingerprint density at radius 3 is 2.55 bits per heavy atom. The Labute approximate surface area is 195 Å². The van der Waals surface area contributed by atoms with Crippen molar-refractivity contribution in [3.63, 3.8) is 0 Å². The predicted octanol–water partition coefficient (Wildman–Crippen LogP) is 4.05. The van der Waals surface area contributed by atoms with Crippen LogP contribution >= 0.6 is 12.6 Å². The van der Waals surface area contributed by atoms with Crippen molar-refractivity contribution in [2.75, 3.05) is 45.8 Å². The van der Waals surface area contributed by atoms with Crippen LogP contribution in [0, 0.1) is 11.6 Å². The summed E-state index contributed by atoms with van der Waals surface area (Å²) in [6, 6.07) is 9.14. The van der Waals surface area contributed by atoms with E-state index in [2.05, 4.69) is 17.6 Å². The van der Waals surface area contributed by atoms with E-state index < -0.39 is 23.3 Å². The van der Waals surface area contributed by atoms with Gasteiger partial charge in [-0.1, -0.05) is 18.2 Å². The second-order valence-corrected chi connectivity index (χ2v) is 8.20. The van der Waals surface area contributed by atoms with Crippen LogP contribution in [-0.4, -0.2) is 66.4 Å². The highest BCUT2D eigenvalue weighted by atomic mass is 32.1. The number of fused-ring (bicyclic) bond motifs is 3. The van der Waals surface area contributed by atoms with E-state index in [1.165, 1.54) is 0 Å². The SMILES string of the molecule is CS.OCCOc1cc(F)c(C2c3[nH]c4ccccc4c3CCN2CC2(F)COC2)c(F)c1. The number of halogens is 3. The smallest absolute Gasteiger partial charge is 0.169 e. The van der Waals surface area contributed by atoms with Gasteiger partial charge in [-0.3, -0.25) is 4.90 Å². The minimum atomic E-state index is -1.53. The van der Waals surface area contributed by atoms with Crippen molar-refractivity contribution in [3.8, 4) is 5.75 Å². The Kier molecular flexibility index (Phi) is 7.23. The summed E-state index contributed by atoms with van der Waals surface area (Å²) in [5.41, 5.74) is 0.878. The Morgan fingerprint density at radius 2 is 1.91 bits per heavy atom. The number of para-hydroxylation sites is 1. The first-order chi connectivity index (χ1) is 16.0. The average Bonchev–Trinajstić information content (AvgIpc) is 3.17. The zero-order valence-corrected chi connectivity index (χ0v) is 19.2. The number of thiol groups is 1. The molecule has 0 spiro atoms. The number of nitrogens with zero attached hydrogens (tertiary/aromatic N) is 1. The van der Waals surface area contributed by atoms with Gasteiger partial charge < -0.3 is 19.6 Å². The molecule has 2 N–H and O–H groups in total. The number of ether oxygens (including phenoxy) is 2. The predicted molar refractivity (Wildman–Crippen MR) is 124 cm³/mol. The number of aliphatic hydroxyl groups is 1. The van der Waals surface area contributed by atoms with E-state index in [1.807, 2.05) is 24.3 Å². The molecule has 0 saturated carbocycles. The summed E-state index contributed by atoms with van der Waals surface area (Å²) in [4.78, 5) is 5.11. The van der Waals surface area contributed by atoms with Crippen LogP contribution in [0.2, 0.25) is 0 Å². The molecule has 1 saturated heterocycles. The Bertz CT molecular complexity index is 1100. The maximum atomic E-state index is 15.2. The molecule has 1 atom stereocenters. The van der Waals surface area contributed by atoms with Crippen LogP contribution in [0.15, 0.2) is 36.4 Å². The summed E-state index contributed by atoms with van der Waals surface area (Å²) < 4.78 is 55.6. The van der Waals surface area contributed by atoms with Crippen LogP contribution in [0.5, 0.6) is 5.75 Å². The number of nitrogens with one attached hydrogen (secondary N) is 1. The molecule has 0 bridgehead atoms. The lowest BCUT2D eigenvalue weighted by atomic mass is 9.90. The first kappa shape index (κ1) is 23.9. The highest BCUT2D eigenvalue weighted by Gasteiger charge is 2.44. The van der Waals surface area contributed by atoms with E-state index in [-0.39, 0.29) is 44.3 Å². The molecule has 33 heavy (non-hydrogen) atoms. The van der Waals surface area contributed by atoms with E-state index in [9.17, 15) is 4.39 Å². The van der Waals surface area contributed by atoms with Gasteiger partial charge in [-0.15, -0.1) is 0 Å². The molecule has 1 fully saturated rings. The standard InChI is InChI=1S/C23H23F3N2O3.CH4S/c24-17-9-14(31-8-7-29)10-18(25)20(17)22-21-16(15-3-1-2-4-19(15)27-21)5-6-28(22)11-23(26)12-30-13-23;1-2/h1-4,9-10,22,27,29H,5-8,11-13H2;2H,1H3. The first-order valence-electron chi connectivity index (χ1n) is 10.8. The van der Waals surface area contributed by atoms with Gasteiger partial charge in [0.25, 0.3) is 0 Å². The minimum Gasteiger partial charge on any atom is -0.491 e. The molecular formula is C24H27F3N2O3S. The molecule has 0 amide bonds. The number of alkyl halides is 1. The van der Waals surface area contributed by atoms with Crippen molar-refractivity contribution >= 4 is 23.5 Å². The number of aromatic nitrogens is 1. The van der Waals surface area contributed by atoms with Crippen LogP contribution < -0.4 is 4.74 Å². The van der Waals surface area contributed by atoms with Crippen molar-refractivity contribution < 1.29 is 27.8 Å². The molecule has 0 radical (unpaired) electrons. The van der Waals surface area contributed by atoms with E-state index in [1.54, 1.807) is 11.2 Å². The number of rotatable bonds is 6. The zero-order valence-electron chi connectivity index (χ0n) is 18.3. The van der Waals surface area contributed by atoms with Gasteiger partial charge in [-0.05, 0) is 24.3 Å². The molecular weight excluding hydrogens is 453 g/mol. The van der Waals surface area contributed by atoms with Gasteiger partial charge in [-0.25, -0.2) is 13.2 Å². The van der Waals surface area contributed by atoms with Crippen molar-refractivity contribution in [1.29, 1.82) is 0 Å². The van der Waals surface area contributed by atoms with Gasteiger partial charge in [0.15, 0.2) is 5.67 Å². The normalized spacial score (nSPS) is 19.4. The summed E-state index contributed by atoms with van der Waals surface area (Å²) in [5.74, 6) is -1.54. The average molecular weight is 481 g/mol. The minimum absolute atomic E-state index is 0.00128. The fourth-order valence-corrected chi connectivity index (χ4v) is 4.64. The maximum absolute atomic E-state index is 15.2. The highest BCUT2D eigenvalue weighted by molar-refractivity contribution is 7.79. The largest absolute Gasteiger partial charge is 0.491 e. The third-order valence-electron chi connectivity index (χ3n) is 6.03. The van der Waals surface area contributed by atoms with E-state index in [0.29, 0.717) is 18.7 Å².